The van der Waals surface area contributed by atoms with Gasteiger partial charge in [-0.25, -0.2) is 0 Å². The van der Waals surface area contributed by atoms with Crippen LogP contribution in [0.4, 0.5) is 0 Å². The summed E-state index contributed by atoms with van der Waals surface area (Å²) in [6, 6.07) is 8.60. The number of halogens is 2. The zero-order valence-corrected chi connectivity index (χ0v) is 13.7. The van der Waals surface area contributed by atoms with E-state index in [-0.39, 0.29) is 0 Å². The van der Waals surface area contributed by atoms with Crippen LogP contribution in [0, 0.1) is 0 Å². The zero-order valence-electron chi connectivity index (χ0n) is 8.88. The van der Waals surface area contributed by atoms with E-state index in [0.29, 0.717) is 0 Å². The predicted molar refractivity (Wildman–Crippen MR) is 82.9 cm³/mol. The first-order valence-electron chi connectivity index (χ1n) is 4.67. The molecule has 0 aromatic heterocycles. The van der Waals surface area contributed by atoms with Crippen LogP contribution in [0.15, 0.2) is 43.0 Å². The molecule has 16 heavy (non-hydrogen) atoms. The van der Waals surface area contributed by atoms with Crippen molar-refractivity contribution in [2.45, 2.75) is 9.79 Å². The maximum absolute atomic E-state index is 3.60. The van der Waals surface area contributed by atoms with Gasteiger partial charge in [0, 0.05) is 18.7 Å². The summed E-state index contributed by atoms with van der Waals surface area (Å²) in [5.74, 6) is 0. The summed E-state index contributed by atoms with van der Waals surface area (Å²) in [6.45, 7) is 0. The van der Waals surface area contributed by atoms with Crippen LogP contribution in [0.2, 0.25) is 0 Å². The van der Waals surface area contributed by atoms with Gasteiger partial charge < -0.3 is 0 Å². The molecule has 0 aliphatic rings. The fourth-order valence-corrected chi connectivity index (χ4v) is 4.70. The molecule has 0 radical (unpaired) electrons. The molecule has 0 saturated heterocycles. The lowest BCUT2D eigenvalue weighted by atomic mass is 10.1. The Morgan fingerprint density at radius 2 is 1.12 bits per heavy atom. The van der Waals surface area contributed by atoms with Crippen molar-refractivity contribution in [1.29, 1.82) is 0 Å². The number of fused-ring (bicyclic) bond motifs is 1. The van der Waals surface area contributed by atoms with Gasteiger partial charge in [-0.1, -0.05) is 12.1 Å². The standard InChI is InChI=1S/C12H10Br2S2/c1-15-11-7-3-6-10(14)12(16-2)8(7)4-5-9(11)13/h3-6H,1-2H3. The summed E-state index contributed by atoms with van der Waals surface area (Å²) in [5.41, 5.74) is 0. The highest BCUT2D eigenvalue weighted by Crippen LogP contribution is 2.40. The van der Waals surface area contributed by atoms with Crippen LogP contribution in [0.3, 0.4) is 0 Å². The Morgan fingerprint density at radius 1 is 0.750 bits per heavy atom. The smallest absolute Gasteiger partial charge is 0.0317 e. The minimum atomic E-state index is 1.17. The maximum Gasteiger partial charge on any atom is 0.0317 e. The number of hydrogen-bond donors (Lipinski definition) is 0. The number of rotatable bonds is 2. The Hall–Kier alpha value is 0.360. The van der Waals surface area contributed by atoms with Gasteiger partial charge in [0.15, 0.2) is 0 Å². The van der Waals surface area contributed by atoms with Gasteiger partial charge in [-0.15, -0.1) is 23.5 Å². The van der Waals surface area contributed by atoms with Gasteiger partial charge in [-0.3, -0.25) is 0 Å². The monoisotopic (exact) mass is 376 g/mol. The van der Waals surface area contributed by atoms with Crippen molar-refractivity contribution in [3.63, 3.8) is 0 Å². The SMILES string of the molecule is CSc1c(Br)ccc2c(SC)c(Br)ccc12. The van der Waals surface area contributed by atoms with Crippen molar-refractivity contribution in [2.75, 3.05) is 12.5 Å². The van der Waals surface area contributed by atoms with Gasteiger partial charge in [0.05, 0.1) is 0 Å². The number of thioether (sulfide) groups is 2. The summed E-state index contributed by atoms with van der Waals surface area (Å²) >= 11 is 10.8. The molecule has 0 atom stereocenters. The van der Waals surface area contributed by atoms with Crippen LogP contribution < -0.4 is 0 Å². The van der Waals surface area contributed by atoms with Crippen molar-refractivity contribution >= 4 is 66.2 Å². The van der Waals surface area contributed by atoms with Crippen LogP contribution in [-0.4, -0.2) is 12.5 Å². The van der Waals surface area contributed by atoms with Crippen molar-refractivity contribution < 1.29 is 0 Å². The summed E-state index contributed by atoms with van der Waals surface area (Å²) in [5, 5.41) is 2.63. The molecule has 2 aromatic carbocycles. The van der Waals surface area contributed by atoms with Gasteiger partial charge >= 0.3 is 0 Å². The van der Waals surface area contributed by atoms with Crippen molar-refractivity contribution in [1.82, 2.24) is 0 Å². The van der Waals surface area contributed by atoms with E-state index in [1.165, 1.54) is 29.5 Å². The summed E-state index contributed by atoms with van der Waals surface area (Å²) in [7, 11) is 0. The molecule has 0 aliphatic heterocycles. The average Bonchev–Trinajstić information content (AvgIpc) is 2.29. The molecule has 0 nitrogen and oxygen atoms in total. The molecular weight excluding hydrogens is 368 g/mol. The van der Waals surface area contributed by atoms with Gasteiger partial charge in [0.25, 0.3) is 0 Å². The second kappa shape index (κ2) is 5.34. The lowest BCUT2D eigenvalue weighted by Gasteiger charge is -2.11. The van der Waals surface area contributed by atoms with E-state index in [0.717, 1.165) is 0 Å². The predicted octanol–water partition coefficient (Wildman–Crippen LogP) is 5.81. The summed E-state index contributed by atoms with van der Waals surface area (Å²) in [6.07, 6.45) is 4.22. The highest BCUT2D eigenvalue weighted by molar-refractivity contribution is 9.10. The highest BCUT2D eigenvalue weighted by Gasteiger charge is 2.10. The Labute approximate surface area is 121 Å². The molecule has 0 heterocycles. The van der Waals surface area contributed by atoms with Gasteiger partial charge in [0.2, 0.25) is 0 Å². The van der Waals surface area contributed by atoms with E-state index < -0.39 is 0 Å². The Bertz CT molecular complexity index is 489. The molecule has 0 bridgehead atoms. The number of benzene rings is 2. The van der Waals surface area contributed by atoms with Crippen LogP contribution in [0.1, 0.15) is 0 Å². The molecule has 0 N–H and O–H groups in total. The highest BCUT2D eigenvalue weighted by atomic mass is 79.9. The van der Waals surface area contributed by atoms with E-state index in [1.807, 2.05) is 0 Å². The summed E-state index contributed by atoms with van der Waals surface area (Å²) < 4.78 is 2.34. The van der Waals surface area contributed by atoms with Crippen LogP contribution in [-0.2, 0) is 0 Å². The summed E-state index contributed by atoms with van der Waals surface area (Å²) in [4.78, 5) is 2.61. The second-order valence-electron chi connectivity index (χ2n) is 3.26. The third-order valence-electron chi connectivity index (χ3n) is 2.41. The lowest BCUT2D eigenvalue weighted by molar-refractivity contribution is 1.42. The number of hydrogen-bond acceptors (Lipinski definition) is 2. The van der Waals surface area contributed by atoms with Crippen molar-refractivity contribution in [3.8, 4) is 0 Å². The fraction of sp³-hybridized carbons (Fsp3) is 0.167. The Morgan fingerprint density at radius 3 is 1.44 bits per heavy atom. The molecule has 84 valence electrons. The Kier molecular flexibility index (Phi) is 4.27. The molecule has 4 heteroatoms. The van der Waals surface area contributed by atoms with E-state index in [1.54, 1.807) is 23.5 Å². The van der Waals surface area contributed by atoms with E-state index >= 15 is 0 Å². The largest absolute Gasteiger partial charge is 0.128 e. The van der Waals surface area contributed by atoms with Crippen LogP contribution in [0.5, 0.6) is 0 Å². The zero-order chi connectivity index (χ0) is 11.7. The molecule has 0 spiro atoms. The van der Waals surface area contributed by atoms with E-state index in [4.69, 9.17) is 0 Å². The molecule has 0 aliphatic carbocycles. The quantitative estimate of drug-likeness (QED) is 0.605. The van der Waals surface area contributed by atoms with Crippen LogP contribution in [0.25, 0.3) is 10.8 Å². The third-order valence-corrected chi connectivity index (χ3v) is 5.96. The molecule has 2 rings (SSSR count). The minimum Gasteiger partial charge on any atom is -0.128 e. The van der Waals surface area contributed by atoms with Gasteiger partial charge in [-0.05, 0) is 67.3 Å². The van der Waals surface area contributed by atoms with E-state index in [2.05, 4.69) is 68.6 Å². The first kappa shape index (κ1) is 12.8. The van der Waals surface area contributed by atoms with Gasteiger partial charge in [0.1, 0.15) is 0 Å². The van der Waals surface area contributed by atoms with Crippen molar-refractivity contribution in [3.05, 3.63) is 33.2 Å². The lowest BCUT2D eigenvalue weighted by Crippen LogP contribution is -1.83. The fourth-order valence-electron chi connectivity index (χ4n) is 1.71. The molecule has 0 amide bonds. The topological polar surface area (TPSA) is 0 Å². The Balaban J connectivity index is 2.87. The second-order valence-corrected chi connectivity index (χ2v) is 6.60. The molecule has 0 fully saturated rings. The maximum atomic E-state index is 3.60. The van der Waals surface area contributed by atoms with Gasteiger partial charge in [-0.2, -0.15) is 0 Å². The van der Waals surface area contributed by atoms with Crippen LogP contribution >= 0.6 is 55.4 Å². The molecule has 0 unspecified atom stereocenters. The third kappa shape index (κ3) is 2.17. The molecule has 2 aromatic rings. The average molecular weight is 378 g/mol. The first-order valence-corrected chi connectivity index (χ1v) is 8.71. The van der Waals surface area contributed by atoms with E-state index in [9.17, 15) is 0 Å². The molecule has 0 saturated carbocycles. The molecular formula is C12H10Br2S2. The minimum absolute atomic E-state index is 1.17. The normalized spacial score (nSPS) is 11.0. The van der Waals surface area contributed by atoms with Crippen molar-refractivity contribution in [2.24, 2.45) is 0 Å². The first-order chi connectivity index (χ1) is 7.69.